The third-order valence-corrected chi connectivity index (χ3v) is 6.86. The van der Waals surface area contributed by atoms with E-state index in [1.165, 1.54) is 35.4 Å². The minimum atomic E-state index is -3.69. The second-order valence-corrected chi connectivity index (χ2v) is 9.15. The fourth-order valence-corrected chi connectivity index (χ4v) is 4.77. The van der Waals surface area contributed by atoms with E-state index >= 15 is 0 Å². The van der Waals surface area contributed by atoms with Gasteiger partial charge in [0.2, 0.25) is 10.0 Å². The lowest BCUT2D eigenvalue weighted by molar-refractivity contribution is 0.0955. The number of fused-ring (bicyclic) bond motifs is 1. The maximum absolute atomic E-state index is 12.4. The highest BCUT2D eigenvalue weighted by Gasteiger charge is 2.22. The lowest BCUT2D eigenvalue weighted by atomic mass is 9.87. The first-order chi connectivity index (χ1) is 11.9. The number of hydrogen-bond acceptors (Lipinski definition) is 4. The molecule has 1 unspecified atom stereocenters. The maximum Gasteiger partial charge on any atom is 0.261 e. The Labute approximate surface area is 152 Å². The van der Waals surface area contributed by atoms with E-state index in [2.05, 4.69) is 12.2 Å². The van der Waals surface area contributed by atoms with Gasteiger partial charge in [0.25, 0.3) is 5.91 Å². The normalized spacial score (nSPS) is 17.1. The van der Waals surface area contributed by atoms with Crippen molar-refractivity contribution in [3.8, 4) is 0 Å². The van der Waals surface area contributed by atoms with Crippen LogP contribution in [0.25, 0.3) is 0 Å². The van der Waals surface area contributed by atoms with E-state index in [-0.39, 0.29) is 10.8 Å². The molecule has 1 amide bonds. The van der Waals surface area contributed by atoms with Gasteiger partial charge in [-0.1, -0.05) is 25.5 Å². The molecule has 0 radical (unpaired) electrons. The summed E-state index contributed by atoms with van der Waals surface area (Å²) >= 11 is 1.59. The summed E-state index contributed by atoms with van der Waals surface area (Å²) in [5.74, 6) is 0.651. The second kappa shape index (κ2) is 7.27. The molecule has 0 aliphatic heterocycles. The summed E-state index contributed by atoms with van der Waals surface area (Å²) in [6, 6.07) is 8.25. The van der Waals surface area contributed by atoms with Crippen molar-refractivity contribution < 1.29 is 13.2 Å². The average molecular weight is 379 g/mol. The topological polar surface area (TPSA) is 89.3 Å². The molecule has 134 valence electrons. The number of carbonyl (C=O) groups excluding carboxylic acids is 1. The Morgan fingerprint density at radius 2 is 2.04 bits per heavy atom. The van der Waals surface area contributed by atoms with Crippen molar-refractivity contribution in [2.45, 2.75) is 44.0 Å². The number of nitrogens with one attached hydrogen (secondary N) is 1. The van der Waals surface area contributed by atoms with Crippen LogP contribution in [0.5, 0.6) is 0 Å². The van der Waals surface area contributed by atoms with Gasteiger partial charge in [0.1, 0.15) is 0 Å². The molecule has 0 fully saturated rings. The minimum Gasteiger partial charge on any atom is -0.347 e. The molecule has 1 aromatic heterocycles. The summed E-state index contributed by atoms with van der Waals surface area (Å²) in [6.07, 6.45) is 4.54. The van der Waals surface area contributed by atoms with Crippen molar-refractivity contribution >= 4 is 27.3 Å². The number of amides is 1. The van der Waals surface area contributed by atoms with Gasteiger partial charge in [-0.2, -0.15) is 0 Å². The number of carbonyl (C=O) groups is 1. The van der Waals surface area contributed by atoms with Gasteiger partial charge in [0, 0.05) is 11.4 Å². The lowest BCUT2D eigenvalue weighted by Gasteiger charge is -2.19. The van der Waals surface area contributed by atoms with Crippen molar-refractivity contribution in [2.24, 2.45) is 11.1 Å². The smallest absolute Gasteiger partial charge is 0.261 e. The molecule has 3 rings (SSSR count). The molecular formula is C18H22N2O3S2. The van der Waals surface area contributed by atoms with Crippen LogP contribution >= 0.6 is 11.3 Å². The number of rotatable bonds is 5. The van der Waals surface area contributed by atoms with E-state index in [4.69, 9.17) is 5.14 Å². The van der Waals surface area contributed by atoms with Gasteiger partial charge in [-0.05, 0) is 54.5 Å². The van der Waals surface area contributed by atoms with Crippen LogP contribution in [0.15, 0.2) is 35.2 Å². The highest BCUT2D eigenvalue weighted by atomic mass is 32.2. The summed E-state index contributed by atoms with van der Waals surface area (Å²) in [5.41, 5.74) is 2.15. The molecule has 1 atom stereocenters. The Hall–Kier alpha value is -1.70. The van der Waals surface area contributed by atoms with Crippen LogP contribution in [0.4, 0.5) is 0 Å². The monoisotopic (exact) mass is 378 g/mol. The van der Waals surface area contributed by atoms with Gasteiger partial charge in [0.15, 0.2) is 0 Å². The first-order valence-electron chi connectivity index (χ1n) is 8.38. The first-order valence-corrected chi connectivity index (χ1v) is 10.7. The Balaban J connectivity index is 1.63. The van der Waals surface area contributed by atoms with E-state index < -0.39 is 10.0 Å². The van der Waals surface area contributed by atoms with E-state index in [9.17, 15) is 13.2 Å². The van der Waals surface area contributed by atoms with E-state index in [0.29, 0.717) is 6.54 Å². The average Bonchev–Trinajstić information content (AvgIpc) is 3.02. The Bertz CT molecular complexity index is 870. The summed E-state index contributed by atoms with van der Waals surface area (Å²) in [5, 5.41) is 7.98. The third kappa shape index (κ3) is 4.29. The van der Waals surface area contributed by atoms with Crippen LogP contribution in [0, 0.1) is 5.92 Å². The van der Waals surface area contributed by atoms with Gasteiger partial charge in [0.05, 0.1) is 9.77 Å². The predicted octanol–water partition coefficient (Wildman–Crippen LogP) is 2.84. The molecule has 0 saturated heterocycles. The molecule has 25 heavy (non-hydrogen) atoms. The first kappa shape index (κ1) is 18.1. The maximum atomic E-state index is 12.4. The second-order valence-electron chi connectivity index (χ2n) is 6.45. The molecule has 0 saturated carbocycles. The largest absolute Gasteiger partial charge is 0.347 e. The van der Waals surface area contributed by atoms with E-state index in [1.54, 1.807) is 23.5 Å². The number of nitrogens with two attached hydrogens (primary N) is 1. The molecular weight excluding hydrogens is 356 g/mol. The SMILES string of the molecule is CCC1CCc2sc(C(=O)NCc3ccc(S(N)(=O)=O)cc3)cc2C1. The van der Waals surface area contributed by atoms with Crippen LogP contribution in [0.3, 0.4) is 0 Å². The Morgan fingerprint density at radius 3 is 2.68 bits per heavy atom. The summed E-state index contributed by atoms with van der Waals surface area (Å²) in [6.45, 7) is 2.57. The number of thiophene rings is 1. The van der Waals surface area contributed by atoms with E-state index in [1.807, 2.05) is 6.07 Å². The van der Waals surface area contributed by atoms with Crippen molar-refractivity contribution in [1.82, 2.24) is 5.32 Å². The Kier molecular flexibility index (Phi) is 5.27. The van der Waals surface area contributed by atoms with Gasteiger partial charge in [-0.25, -0.2) is 13.6 Å². The lowest BCUT2D eigenvalue weighted by Crippen LogP contribution is -2.22. The van der Waals surface area contributed by atoms with Crippen molar-refractivity contribution in [3.63, 3.8) is 0 Å². The van der Waals surface area contributed by atoms with Crippen LogP contribution in [0.2, 0.25) is 0 Å². The zero-order valence-electron chi connectivity index (χ0n) is 14.1. The van der Waals surface area contributed by atoms with Crippen molar-refractivity contribution in [2.75, 3.05) is 0 Å². The van der Waals surface area contributed by atoms with Crippen molar-refractivity contribution in [1.29, 1.82) is 0 Å². The number of sulfonamides is 1. The quantitative estimate of drug-likeness (QED) is 0.838. The molecule has 1 heterocycles. The minimum absolute atomic E-state index is 0.0685. The van der Waals surface area contributed by atoms with Gasteiger partial charge < -0.3 is 5.32 Å². The molecule has 7 heteroatoms. The Morgan fingerprint density at radius 1 is 1.32 bits per heavy atom. The van der Waals surface area contributed by atoms with Crippen LogP contribution in [0.1, 0.15) is 45.4 Å². The highest BCUT2D eigenvalue weighted by molar-refractivity contribution is 7.89. The molecule has 1 aliphatic rings. The summed E-state index contributed by atoms with van der Waals surface area (Å²) in [7, 11) is -3.69. The number of benzene rings is 1. The molecule has 3 N–H and O–H groups in total. The number of aryl methyl sites for hydroxylation is 1. The number of hydrogen-bond donors (Lipinski definition) is 2. The van der Waals surface area contributed by atoms with Gasteiger partial charge in [-0.15, -0.1) is 11.3 Å². The van der Waals surface area contributed by atoms with E-state index in [0.717, 1.165) is 29.2 Å². The van der Waals surface area contributed by atoms with Crippen LogP contribution < -0.4 is 10.5 Å². The highest BCUT2D eigenvalue weighted by Crippen LogP contribution is 2.33. The molecule has 0 spiro atoms. The standard InChI is InChI=1S/C18H22N2O3S2/c1-2-12-5-8-16-14(9-12)10-17(24-16)18(21)20-11-13-3-6-15(7-4-13)25(19,22)23/h3-4,6-7,10,12H,2,5,8-9,11H2,1H3,(H,20,21)(H2,19,22,23). The fraction of sp³-hybridized carbons (Fsp3) is 0.389. The van der Waals surface area contributed by atoms with Crippen LogP contribution in [-0.4, -0.2) is 14.3 Å². The summed E-state index contributed by atoms with van der Waals surface area (Å²) < 4.78 is 22.5. The number of primary sulfonamides is 1. The zero-order valence-corrected chi connectivity index (χ0v) is 15.8. The van der Waals surface area contributed by atoms with Gasteiger partial charge >= 0.3 is 0 Å². The van der Waals surface area contributed by atoms with Gasteiger partial charge in [-0.3, -0.25) is 4.79 Å². The molecule has 0 bridgehead atoms. The fourth-order valence-electron chi connectivity index (χ4n) is 3.13. The molecule has 1 aliphatic carbocycles. The predicted molar refractivity (Wildman–Crippen MR) is 99.1 cm³/mol. The summed E-state index contributed by atoms with van der Waals surface area (Å²) in [4.78, 5) is 14.6. The zero-order chi connectivity index (χ0) is 18.0. The van der Waals surface area contributed by atoms with Crippen molar-refractivity contribution in [3.05, 3.63) is 51.2 Å². The molecule has 2 aromatic rings. The van der Waals surface area contributed by atoms with Crippen LogP contribution in [-0.2, 0) is 29.4 Å². The third-order valence-electron chi connectivity index (χ3n) is 4.69. The molecule has 1 aromatic carbocycles. The molecule has 5 nitrogen and oxygen atoms in total.